The molecule has 3 aromatic rings. The Morgan fingerprint density at radius 3 is 2.37 bits per heavy atom. The van der Waals surface area contributed by atoms with E-state index in [2.05, 4.69) is 31.4 Å². The van der Waals surface area contributed by atoms with Crippen molar-refractivity contribution in [1.82, 2.24) is 20.1 Å². The van der Waals surface area contributed by atoms with Crippen molar-refractivity contribution in [2.75, 3.05) is 5.75 Å². The fourth-order valence-electron chi connectivity index (χ4n) is 2.54. The van der Waals surface area contributed by atoms with E-state index >= 15 is 0 Å². The van der Waals surface area contributed by atoms with Crippen molar-refractivity contribution in [2.45, 2.75) is 31.5 Å². The lowest BCUT2D eigenvalue weighted by atomic mass is 10.1. The summed E-state index contributed by atoms with van der Waals surface area (Å²) >= 11 is 4.84. The SMILES string of the molecule is CC(C)(C)NC(=O)CSc1nnc(-c2ccc(Br)cc2)n1-c1ccccc1. The normalized spacial score (nSPS) is 11.4. The monoisotopic (exact) mass is 444 g/mol. The van der Waals surface area contributed by atoms with Crippen LogP contribution in [0.3, 0.4) is 0 Å². The number of carbonyl (C=O) groups excluding carboxylic acids is 1. The minimum Gasteiger partial charge on any atom is -0.351 e. The Labute approximate surface area is 171 Å². The second kappa shape index (κ2) is 8.27. The molecule has 27 heavy (non-hydrogen) atoms. The van der Waals surface area contributed by atoms with Crippen molar-refractivity contribution >= 4 is 33.6 Å². The van der Waals surface area contributed by atoms with Gasteiger partial charge in [-0.3, -0.25) is 9.36 Å². The molecular formula is C20H21BrN4OS. The van der Waals surface area contributed by atoms with Crippen LogP contribution in [-0.4, -0.2) is 32.0 Å². The first-order chi connectivity index (χ1) is 12.8. The van der Waals surface area contributed by atoms with Crippen LogP contribution in [0.2, 0.25) is 0 Å². The van der Waals surface area contributed by atoms with Crippen LogP contribution in [0.15, 0.2) is 64.2 Å². The zero-order valence-electron chi connectivity index (χ0n) is 15.4. The van der Waals surface area contributed by atoms with E-state index in [-0.39, 0.29) is 17.2 Å². The molecule has 0 bridgehead atoms. The number of benzene rings is 2. The van der Waals surface area contributed by atoms with Crippen molar-refractivity contribution in [2.24, 2.45) is 0 Å². The first-order valence-electron chi connectivity index (χ1n) is 8.54. The number of hydrogen-bond acceptors (Lipinski definition) is 4. The molecule has 0 aliphatic rings. The lowest BCUT2D eigenvalue weighted by molar-refractivity contribution is -0.119. The third-order valence-corrected chi connectivity index (χ3v) is 5.05. The number of rotatable bonds is 5. The van der Waals surface area contributed by atoms with Gasteiger partial charge in [0.2, 0.25) is 5.91 Å². The van der Waals surface area contributed by atoms with Crippen LogP contribution >= 0.6 is 27.7 Å². The Hall–Kier alpha value is -2.12. The molecule has 2 aromatic carbocycles. The summed E-state index contributed by atoms with van der Waals surface area (Å²) in [4.78, 5) is 12.2. The zero-order valence-corrected chi connectivity index (χ0v) is 17.8. The quantitative estimate of drug-likeness (QED) is 0.579. The molecule has 3 rings (SSSR count). The van der Waals surface area contributed by atoms with Crippen LogP contribution in [-0.2, 0) is 4.79 Å². The molecule has 0 aliphatic heterocycles. The van der Waals surface area contributed by atoms with Crippen molar-refractivity contribution in [1.29, 1.82) is 0 Å². The topological polar surface area (TPSA) is 59.8 Å². The summed E-state index contributed by atoms with van der Waals surface area (Å²) in [7, 11) is 0. The van der Waals surface area contributed by atoms with Crippen molar-refractivity contribution in [3.63, 3.8) is 0 Å². The highest BCUT2D eigenvalue weighted by Gasteiger charge is 2.19. The van der Waals surface area contributed by atoms with Crippen molar-refractivity contribution < 1.29 is 4.79 Å². The van der Waals surface area contributed by atoms with E-state index in [1.807, 2.05) is 79.9 Å². The van der Waals surface area contributed by atoms with Gasteiger partial charge in [0.15, 0.2) is 11.0 Å². The van der Waals surface area contributed by atoms with Gasteiger partial charge in [0.25, 0.3) is 0 Å². The van der Waals surface area contributed by atoms with E-state index in [1.165, 1.54) is 11.8 Å². The molecule has 0 unspecified atom stereocenters. The molecule has 0 atom stereocenters. The average molecular weight is 445 g/mol. The molecule has 0 fully saturated rings. The third kappa shape index (κ3) is 5.20. The van der Waals surface area contributed by atoms with E-state index in [0.29, 0.717) is 5.16 Å². The maximum atomic E-state index is 12.2. The van der Waals surface area contributed by atoms with Gasteiger partial charge in [0.1, 0.15) is 0 Å². The number of thioether (sulfide) groups is 1. The second-order valence-corrected chi connectivity index (χ2v) is 8.93. The largest absolute Gasteiger partial charge is 0.351 e. The summed E-state index contributed by atoms with van der Waals surface area (Å²) < 4.78 is 2.99. The zero-order chi connectivity index (χ0) is 19.4. The Morgan fingerprint density at radius 2 is 1.74 bits per heavy atom. The number of nitrogens with zero attached hydrogens (tertiary/aromatic N) is 3. The van der Waals surface area contributed by atoms with Gasteiger partial charge in [-0.1, -0.05) is 58.0 Å². The van der Waals surface area contributed by atoms with Gasteiger partial charge in [-0.05, 0) is 45.0 Å². The average Bonchev–Trinajstić information content (AvgIpc) is 3.04. The number of amides is 1. The Morgan fingerprint density at radius 1 is 1.07 bits per heavy atom. The predicted molar refractivity (Wildman–Crippen MR) is 113 cm³/mol. The third-order valence-electron chi connectivity index (χ3n) is 3.60. The number of carbonyl (C=O) groups is 1. The maximum absolute atomic E-state index is 12.2. The number of hydrogen-bond donors (Lipinski definition) is 1. The van der Waals surface area contributed by atoms with Crippen molar-refractivity contribution in [3.05, 3.63) is 59.1 Å². The molecule has 0 saturated heterocycles. The van der Waals surface area contributed by atoms with Crippen LogP contribution in [0.25, 0.3) is 17.1 Å². The van der Waals surface area contributed by atoms with Gasteiger partial charge in [-0.15, -0.1) is 10.2 Å². The number of para-hydroxylation sites is 1. The number of aromatic nitrogens is 3. The van der Waals surface area contributed by atoms with Crippen LogP contribution in [0.1, 0.15) is 20.8 Å². The Kier molecular flexibility index (Phi) is 6.01. The van der Waals surface area contributed by atoms with E-state index in [1.54, 1.807) is 0 Å². The van der Waals surface area contributed by atoms with E-state index < -0.39 is 0 Å². The first-order valence-corrected chi connectivity index (χ1v) is 10.3. The Bertz CT molecular complexity index is 917. The Balaban J connectivity index is 1.92. The highest BCUT2D eigenvalue weighted by Crippen LogP contribution is 2.28. The second-order valence-electron chi connectivity index (χ2n) is 7.07. The van der Waals surface area contributed by atoms with Gasteiger partial charge in [0.05, 0.1) is 5.75 Å². The maximum Gasteiger partial charge on any atom is 0.230 e. The lowest BCUT2D eigenvalue weighted by Gasteiger charge is -2.20. The lowest BCUT2D eigenvalue weighted by Crippen LogP contribution is -2.41. The highest BCUT2D eigenvalue weighted by atomic mass is 79.9. The first kappa shape index (κ1) is 19.6. The molecule has 0 radical (unpaired) electrons. The summed E-state index contributed by atoms with van der Waals surface area (Å²) in [6.07, 6.45) is 0. The summed E-state index contributed by atoms with van der Waals surface area (Å²) in [6, 6.07) is 17.9. The van der Waals surface area contributed by atoms with Gasteiger partial charge in [-0.25, -0.2) is 0 Å². The molecule has 0 saturated carbocycles. The van der Waals surface area contributed by atoms with Crippen molar-refractivity contribution in [3.8, 4) is 17.1 Å². The summed E-state index contributed by atoms with van der Waals surface area (Å²) in [6.45, 7) is 5.90. The molecular weight excluding hydrogens is 424 g/mol. The molecule has 0 aliphatic carbocycles. The number of halogens is 1. The molecule has 1 amide bonds. The highest BCUT2D eigenvalue weighted by molar-refractivity contribution is 9.10. The summed E-state index contributed by atoms with van der Waals surface area (Å²) in [5.41, 5.74) is 1.66. The fraction of sp³-hybridized carbons (Fsp3) is 0.250. The fourth-order valence-corrected chi connectivity index (χ4v) is 3.56. The summed E-state index contributed by atoms with van der Waals surface area (Å²) in [5.74, 6) is 0.996. The minimum absolute atomic E-state index is 0.0275. The van der Waals surface area contributed by atoms with Crippen LogP contribution in [0.5, 0.6) is 0 Å². The van der Waals surface area contributed by atoms with E-state index in [9.17, 15) is 4.79 Å². The van der Waals surface area contributed by atoms with Gasteiger partial charge >= 0.3 is 0 Å². The number of nitrogens with one attached hydrogen (secondary N) is 1. The molecule has 140 valence electrons. The molecule has 1 aromatic heterocycles. The predicted octanol–water partition coefficient (Wildman–Crippen LogP) is 4.70. The van der Waals surface area contributed by atoms with Crippen LogP contribution in [0.4, 0.5) is 0 Å². The van der Waals surface area contributed by atoms with Gasteiger partial charge in [0, 0.05) is 21.3 Å². The molecule has 7 heteroatoms. The smallest absolute Gasteiger partial charge is 0.230 e. The standard InChI is InChI=1S/C20H21BrN4OS/c1-20(2,3)22-17(26)13-27-19-24-23-18(14-9-11-15(21)12-10-14)25(19)16-7-5-4-6-8-16/h4-12H,13H2,1-3H3,(H,22,26). The minimum atomic E-state index is -0.257. The van der Waals surface area contributed by atoms with Crippen LogP contribution < -0.4 is 5.32 Å². The van der Waals surface area contributed by atoms with Crippen LogP contribution in [0, 0.1) is 0 Å². The summed E-state index contributed by atoms with van der Waals surface area (Å²) in [5, 5.41) is 12.4. The van der Waals surface area contributed by atoms with Gasteiger partial charge < -0.3 is 5.32 Å². The van der Waals surface area contributed by atoms with E-state index in [0.717, 1.165) is 21.5 Å². The van der Waals surface area contributed by atoms with Gasteiger partial charge in [-0.2, -0.15) is 0 Å². The van der Waals surface area contributed by atoms with E-state index in [4.69, 9.17) is 0 Å². The molecule has 1 heterocycles. The molecule has 5 nitrogen and oxygen atoms in total. The molecule has 1 N–H and O–H groups in total. The molecule has 0 spiro atoms.